The van der Waals surface area contributed by atoms with Gasteiger partial charge in [-0.1, -0.05) is 19.1 Å². The maximum absolute atomic E-state index is 12.1. The van der Waals surface area contributed by atoms with E-state index in [1.807, 2.05) is 0 Å². The third kappa shape index (κ3) is 2.83. The molecule has 0 bridgehead atoms. The Balaban J connectivity index is 3.28. The van der Waals surface area contributed by atoms with Crippen molar-refractivity contribution in [2.24, 2.45) is 10.9 Å². The van der Waals surface area contributed by atoms with E-state index >= 15 is 0 Å². The van der Waals surface area contributed by atoms with Gasteiger partial charge in [-0.3, -0.25) is 0 Å². The van der Waals surface area contributed by atoms with Gasteiger partial charge in [-0.15, -0.1) is 0 Å². The van der Waals surface area contributed by atoms with Crippen LogP contribution in [0.25, 0.3) is 0 Å². The number of hydrazone groups is 1. The zero-order valence-electron chi connectivity index (χ0n) is 9.79. The van der Waals surface area contributed by atoms with E-state index in [-0.39, 0.29) is 11.3 Å². The molecule has 0 aromatic heterocycles. The van der Waals surface area contributed by atoms with Crippen molar-refractivity contribution < 1.29 is 13.5 Å². The molecule has 0 radical (unpaired) electrons. The summed E-state index contributed by atoms with van der Waals surface area (Å²) in [4.78, 5) is 0.0919. The second-order valence-electron chi connectivity index (χ2n) is 3.71. The Bertz CT molecular complexity index is 523. The first kappa shape index (κ1) is 13.7. The fourth-order valence-electron chi connectivity index (χ4n) is 1.41. The fourth-order valence-corrected chi connectivity index (χ4v) is 2.92. The van der Waals surface area contributed by atoms with Crippen LogP contribution in [0.1, 0.15) is 18.9 Å². The van der Waals surface area contributed by atoms with Gasteiger partial charge < -0.3 is 10.9 Å². The molecule has 94 valence electrons. The average Bonchev–Trinajstić information content (AvgIpc) is 2.29. The molecule has 0 spiro atoms. The van der Waals surface area contributed by atoms with Crippen molar-refractivity contribution in [2.45, 2.75) is 31.3 Å². The van der Waals surface area contributed by atoms with Gasteiger partial charge in [-0.05, 0) is 31.0 Å². The van der Waals surface area contributed by atoms with Crippen molar-refractivity contribution in [3.63, 3.8) is 0 Å². The molecule has 1 rings (SSSR count). The van der Waals surface area contributed by atoms with E-state index in [0.717, 1.165) is 5.56 Å². The summed E-state index contributed by atoms with van der Waals surface area (Å²) in [6.07, 6.45) is -0.938. The predicted molar refractivity (Wildman–Crippen MR) is 66.3 cm³/mol. The maximum Gasteiger partial charge on any atom is 0.224 e. The molecule has 17 heavy (non-hydrogen) atoms. The number of aryl methyl sites for hydroxylation is 1. The van der Waals surface area contributed by atoms with Crippen LogP contribution >= 0.6 is 0 Å². The van der Waals surface area contributed by atoms with Crippen LogP contribution in [0.4, 0.5) is 0 Å². The highest BCUT2D eigenvalue weighted by Gasteiger charge is 2.28. The molecule has 0 saturated heterocycles. The zero-order valence-corrected chi connectivity index (χ0v) is 10.6. The molecule has 5 nitrogen and oxygen atoms in total. The monoisotopic (exact) mass is 256 g/mol. The largest absolute Gasteiger partial charge is 0.386 e. The van der Waals surface area contributed by atoms with Crippen LogP contribution in [-0.2, 0) is 9.84 Å². The third-order valence-corrected chi connectivity index (χ3v) is 4.18. The number of aliphatic hydroxyl groups is 1. The summed E-state index contributed by atoms with van der Waals surface area (Å²) in [5.74, 6) is 5.06. The van der Waals surface area contributed by atoms with Crippen molar-refractivity contribution in [1.82, 2.24) is 0 Å². The molecule has 1 aromatic rings. The highest BCUT2D eigenvalue weighted by atomic mass is 32.2. The van der Waals surface area contributed by atoms with E-state index in [4.69, 9.17) is 5.84 Å². The molecule has 1 aromatic carbocycles. The summed E-state index contributed by atoms with van der Waals surface area (Å²) in [5.41, 5.74) is 0.813. The number of nitrogens with two attached hydrogens (primary N) is 1. The SMILES string of the molecule is CCC(O)C(=NN)S(=O)(=O)c1cccc(C)c1. The lowest BCUT2D eigenvalue weighted by Crippen LogP contribution is -2.29. The molecule has 0 saturated carbocycles. The van der Waals surface area contributed by atoms with Gasteiger partial charge in [0.15, 0.2) is 5.04 Å². The van der Waals surface area contributed by atoms with Crippen LogP contribution in [-0.4, -0.2) is 24.7 Å². The molecular weight excluding hydrogens is 240 g/mol. The van der Waals surface area contributed by atoms with Crippen LogP contribution < -0.4 is 5.84 Å². The third-order valence-electron chi connectivity index (χ3n) is 2.37. The van der Waals surface area contributed by atoms with Gasteiger partial charge in [0.05, 0.1) is 4.90 Å². The molecular formula is C11H16N2O3S. The number of benzene rings is 1. The molecule has 0 aliphatic carbocycles. The molecule has 0 aliphatic heterocycles. The number of nitrogens with zero attached hydrogens (tertiary/aromatic N) is 1. The lowest BCUT2D eigenvalue weighted by molar-refractivity contribution is 0.239. The van der Waals surface area contributed by atoms with Crippen molar-refractivity contribution in [3.05, 3.63) is 29.8 Å². The van der Waals surface area contributed by atoms with E-state index in [1.165, 1.54) is 12.1 Å². The molecule has 6 heteroatoms. The van der Waals surface area contributed by atoms with E-state index in [2.05, 4.69) is 5.10 Å². The highest BCUT2D eigenvalue weighted by Crippen LogP contribution is 2.16. The minimum atomic E-state index is -3.81. The van der Waals surface area contributed by atoms with Crippen LogP contribution in [0.5, 0.6) is 0 Å². The first-order chi connectivity index (χ1) is 7.93. The second-order valence-corrected chi connectivity index (χ2v) is 5.61. The number of hydrogen-bond acceptors (Lipinski definition) is 5. The summed E-state index contributed by atoms with van der Waals surface area (Å²) in [6, 6.07) is 6.39. The Morgan fingerprint density at radius 2 is 2.18 bits per heavy atom. The van der Waals surface area contributed by atoms with Crippen LogP contribution in [0, 0.1) is 6.92 Å². The summed E-state index contributed by atoms with van der Waals surface area (Å²) < 4.78 is 24.3. The van der Waals surface area contributed by atoms with Gasteiger partial charge in [0.1, 0.15) is 6.10 Å². The Kier molecular flexibility index (Phi) is 4.25. The van der Waals surface area contributed by atoms with E-state index in [9.17, 15) is 13.5 Å². The number of hydrogen-bond donors (Lipinski definition) is 2. The summed E-state index contributed by atoms with van der Waals surface area (Å²) >= 11 is 0. The van der Waals surface area contributed by atoms with Crippen LogP contribution in [0.3, 0.4) is 0 Å². The van der Waals surface area contributed by atoms with Gasteiger partial charge in [0.25, 0.3) is 0 Å². The first-order valence-corrected chi connectivity index (χ1v) is 6.69. The maximum atomic E-state index is 12.1. The lowest BCUT2D eigenvalue weighted by Gasteiger charge is -2.11. The van der Waals surface area contributed by atoms with Crippen molar-refractivity contribution >= 4 is 14.9 Å². The van der Waals surface area contributed by atoms with E-state index in [1.54, 1.807) is 26.0 Å². The average molecular weight is 256 g/mol. The predicted octanol–water partition coefficient (Wildman–Crippen LogP) is 0.812. The quantitative estimate of drug-likeness (QED) is 0.362. The number of sulfone groups is 1. The van der Waals surface area contributed by atoms with Crippen molar-refractivity contribution in [1.29, 1.82) is 0 Å². The molecule has 0 heterocycles. The number of rotatable bonds is 3. The van der Waals surface area contributed by atoms with Gasteiger partial charge >= 0.3 is 0 Å². The van der Waals surface area contributed by atoms with E-state index < -0.39 is 21.0 Å². The van der Waals surface area contributed by atoms with E-state index in [0.29, 0.717) is 0 Å². The molecule has 0 amide bonds. The Labute approximate surface area is 101 Å². The molecule has 1 unspecified atom stereocenters. The summed E-state index contributed by atoms with van der Waals surface area (Å²) in [6.45, 7) is 3.44. The molecule has 1 atom stereocenters. The smallest absolute Gasteiger partial charge is 0.224 e. The van der Waals surface area contributed by atoms with Gasteiger partial charge in [-0.2, -0.15) is 5.10 Å². The minimum Gasteiger partial charge on any atom is -0.386 e. The normalized spacial score (nSPS) is 14.6. The zero-order chi connectivity index (χ0) is 13.1. The standard InChI is InChI=1S/C11H16N2O3S/c1-3-10(14)11(13-12)17(15,16)9-6-4-5-8(2)7-9/h4-7,10,14H,3,12H2,1-2H3. The van der Waals surface area contributed by atoms with Gasteiger partial charge in [0.2, 0.25) is 9.84 Å². The van der Waals surface area contributed by atoms with Crippen molar-refractivity contribution in [3.8, 4) is 0 Å². The number of aliphatic hydroxyl groups excluding tert-OH is 1. The van der Waals surface area contributed by atoms with Crippen LogP contribution in [0.2, 0.25) is 0 Å². The fraction of sp³-hybridized carbons (Fsp3) is 0.364. The lowest BCUT2D eigenvalue weighted by atomic mass is 10.2. The van der Waals surface area contributed by atoms with Gasteiger partial charge in [-0.25, -0.2) is 8.42 Å². The molecule has 3 N–H and O–H groups in total. The van der Waals surface area contributed by atoms with Crippen molar-refractivity contribution in [2.75, 3.05) is 0 Å². The Morgan fingerprint density at radius 3 is 2.65 bits per heavy atom. The Morgan fingerprint density at radius 1 is 1.53 bits per heavy atom. The Hall–Kier alpha value is -1.40. The summed E-state index contributed by atoms with van der Waals surface area (Å²) in [5, 5.41) is 12.4. The minimum absolute atomic E-state index is 0.0919. The molecule has 0 aliphatic rings. The highest BCUT2D eigenvalue weighted by molar-refractivity contribution is 8.06. The van der Waals surface area contributed by atoms with Gasteiger partial charge in [0, 0.05) is 0 Å². The topological polar surface area (TPSA) is 92.8 Å². The molecule has 0 fully saturated rings. The van der Waals surface area contributed by atoms with Crippen LogP contribution in [0.15, 0.2) is 34.3 Å². The first-order valence-electron chi connectivity index (χ1n) is 5.21. The second kappa shape index (κ2) is 5.29. The summed E-state index contributed by atoms with van der Waals surface area (Å²) in [7, 11) is -3.81.